The Bertz CT molecular complexity index is 981. The van der Waals surface area contributed by atoms with E-state index in [2.05, 4.69) is 4.90 Å². The van der Waals surface area contributed by atoms with Crippen LogP contribution in [0, 0.1) is 10.1 Å². The van der Waals surface area contributed by atoms with Crippen molar-refractivity contribution in [2.24, 2.45) is 0 Å². The van der Waals surface area contributed by atoms with Crippen molar-refractivity contribution in [1.29, 1.82) is 0 Å². The number of morpholine rings is 1. The van der Waals surface area contributed by atoms with Crippen LogP contribution in [0.4, 0.5) is 11.4 Å². The van der Waals surface area contributed by atoms with Crippen molar-refractivity contribution >= 4 is 27.3 Å². The van der Waals surface area contributed by atoms with Crippen molar-refractivity contribution in [2.75, 3.05) is 77.0 Å². The number of carbonyl (C=O) groups excluding carboxylic acids is 1. The maximum Gasteiger partial charge on any atom is 0.293 e. The Hall–Kier alpha value is -2.28. The molecule has 0 bridgehead atoms. The van der Waals surface area contributed by atoms with Crippen LogP contribution in [0.2, 0.25) is 0 Å². The molecule has 0 saturated carbocycles. The summed E-state index contributed by atoms with van der Waals surface area (Å²) in [6.45, 7) is 5.80. The van der Waals surface area contributed by atoms with Crippen LogP contribution < -0.4 is 4.90 Å². The van der Waals surface area contributed by atoms with E-state index in [-0.39, 0.29) is 16.5 Å². The summed E-state index contributed by atoms with van der Waals surface area (Å²) in [6.07, 6.45) is 3.60. The number of ether oxygens (including phenoxy) is 1. The van der Waals surface area contributed by atoms with Gasteiger partial charge in [-0.3, -0.25) is 19.8 Å². The number of anilines is 1. The summed E-state index contributed by atoms with van der Waals surface area (Å²) in [5.74, 6) is 0.0748. The Balaban J connectivity index is 1.43. The van der Waals surface area contributed by atoms with Gasteiger partial charge in [-0.05, 0) is 25.0 Å². The highest BCUT2D eigenvalue weighted by atomic mass is 32.2. The summed E-state index contributed by atoms with van der Waals surface area (Å²) in [5.41, 5.74) is 0.215. The Morgan fingerprint density at radius 2 is 1.59 bits per heavy atom. The fraction of sp³-hybridized carbons (Fsp3) is 0.682. The van der Waals surface area contributed by atoms with Crippen LogP contribution in [0.5, 0.6) is 0 Å². The molecule has 12 heteroatoms. The highest BCUT2D eigenvalue weighted by molar-refractivity contribution is 7.89. The van der Waals surface area contributed by atoms with Crippen molar-refractivity contribution in [1.82, 2.24) is 14.1 Å². The number of hydrogen-bond donors (Lipinski definition) is 0. The van der Waals surface area contributed by atoms with Gasteiger partial charge in [-0.15, -0.1) is 0 Å². The first-order chi connectivity index (χ1) is 16.4. The minimum Gasteiger partial charge on any atom is -0.378 e. The highest BCUT2D eigenvalue weighted by Gasteiger charge is 2.30. The zero-order chi connectivity index (χ0) is 24.1. The summed E-state index contributed by atoms with van der Waals surface area (Å²) in [4.78, 5) is 29.6. The average Bonchev–Trinajstić information content (AvgIpc) is 3.15. The molecular formula is C22H33N5O6S. The van der Waals surface area contributed by atoms with Gasteiger partial charge in [0, 0.05) is 58.4 Å². The molecule has 0 atom stereocenters. The molecule has 0 aromatic heterocycles. The van der Waals surface area contributed by atoms with Gasteiger partial charge < -0.3 is 14.5 Å². The third-order valence-corrected chi connectivity index (χ3v) is 8.68. The summed E-state index contributed by atoms with van der Waals surface area (Å²) >= 11 is 0. The predicted octanol–water partition coefficient (Wildman–Crippen LogP) is 1.14. The summed E-state index contributed by atoms with van der Waals surface area (Å²) < 4.78 is 33.0. The SMILES string of the molecule is O=C(CN1CCN(c2ccc(S(=O)(=O)N3CCCCCC3)cc2[N+](=O)[O-])CC1)N1CCOCC1. The number of amides is 1. The number of nitro benzene ring substituents is 1. The van der Waals surface area contributed by atoms with E-state index in [1.807, 2.05) is 9.80 Å². The average molecular weight is 496 g/mol. The van der Waals surface area contributed by atoms with E-state index in [9.17, 15) is 23.3 Å². The van der Waals surface area contributed by atoms with Gasteiger partial charge in [-0.1, -0.05) is 12.8 Å². The second kappa shape index (κ2) is 11.0. The van der Waals surface area contributed by atoms with Crippen LogP contribution in [-0.2, 0) is 19.6 Å². The van der Waals surface area contributed by atoms with E-state index in [1.54, 1.807) is 6.07 Å². The number of nitro groups is 1. The third kappa shape index (κ3) is 5.68. The van der Waals surface area contributed by atoms with Crippen LogP contribution in [0.1, 0.15) is 25.7 Å². The molecule has 0 spiro atoms. The van der Waals surface area contributed by atoms with Gasteiger partial charge in [-0.25, -0.2) is 8.42 Å². The Morgan fingerprint density at radius 1 is 0.941 bits per heavy atom. The van der Waals surface area contributed by atoms with E-state index in [1.165, 1.54) is 16.4 Å². The predicted molar refractivity (Wildman–Crippen MR) is 126 cm³/mol. The molecule has 1 amide bonds. The fourth-order valence-corrected chi connectivity index (χ4v) is 6.30. The maximum atomic E-state index is 13.1. The standard InChI is InChI=1S/C22H33N5O6S/c28-22(25-13-15-33-16-14-25)18-23-9-11-24(12-10-23)20-6-5-19(17-21(20)27(29)30)34(31,32)26-7-3-1-2-4-8-26/h5-6,17H,1-4,7-16,18H2. The lowest BCUT2D eigenvalue weighted by atomic mass is 10.2. The van der Waals surface area contributed by atoms with Crippen molar-refractivity contribution < 1.29 is 22.9 Å². The van der Waals surface area contributed by atoms with Crippen LogP contribution in [0.25, 0.3) is 0 Å². The molecule has 1 aromatic rings. The Labute approximate surface area is 200 Å². The van der Waals surface area contributed by atoms with Crippen molar-refractivity contribution in [2.45, 2.75) is 30.6 Å². The fourth-order valence-electron chi connectivity index (χ4n) is 4.76. The zero-order valence-corrected chi connectivity index (χ0v) is 20.2. The lowest BCUT2D eigenvalue weighted by Crippen LogP contribution is -2.51. The summed E-state index contributed by atoms with van der Waals surface area (Å²) in [6, 6.07) is 4.23. The molecule has 11 nitrogen and oxygen atoms in total. The van der Waals surface area contributed by atoms with Gasteiger partial charge in [0.1, 0.15) is 5.69 Å². The highest BCUT2D eigenvalue weighted by Crippen LogP contribution is 2.33. The van der Waals surface area contributed by atoms with Crippen LogP contribution >= 0.6 is 0 Å². The third-order valence-electron chi connectivity index (χ3n) is 6.78. The molecule has 4 rings (SSSR count). The molecule has 0 unspecified atom stereocenters. The minimum atomic E-state index is -3.77. The second-order valence-electron chi connectivity index (χ2n) is 8.98. The second-order valence-corrected chi connectivity index (χ2v) is 10.9. The molecule has 3 aliphatic heterocycles. The smallest absolute Gasteiger partial charge is 0.293 e. The van der Waals surface area contributed by atoms with Crippen LogP contribution in [0.3, 0.4) is 0 Å². The molecule has 3 heterocycles. The van der Waals surface area contributed by atoms with E-state index in [4.69, 9.17) is 4.74 Å². The van der Waals surface area contributed by atoms with E-state index >= 15 is 0 Å². The first-order valence-corrected chi connectivity index (χ1v) is 13.4. The molecule has 3 saturated heterocycles. The zero-order valence-electron chi connectivity index (χ0n) is 19.4. The number of carbonyl (C=O) groups is 1. The molecule has 0 aliphatic carbocycles. The molecule has 1 aromatic carbocycles. The van der Waals surface area contributed by atoms with Crippen molar-refractivity contribution in [3.05, 3.63) is 28.3 Å². The largest absolute Gasteiger partial charge is 0.378 e. The number of hydrogen-bond acceptors (Lipinski definition) is 8. The first-order valence-electron chi connectivity index (χ1n) is 12.0. The molecule has 3 fully saturated rings. The topological polar surface area (TPSA) is 117 Å². The summed E-state index contributed by atoms with van der Waals surface area (Å²) in [5, 5.41) is 11.9. The molecule has 3 aliphatic rings. The van der Waals surface area contributed by atoms with Crippen LogP contribution in [-0.4, -0.2) is 105 Å². The Morgan fingerprint density at radius 3 is 2.21 bits per heavy atom. The molecule has 0 radical (unpaired) electrons. The van der Waals surface area contributed by atoms with Crippen molar-refractivity contribution in [3.63, 3.8) is 0 Å². The monoisotopic (exact) mass is 495 g/mol. The maximum absolute atomic E-state index is 13.1. The Kier molecular flexibility index (Phi) is 8.02. The molecule has 188 valence electrons. The summed E-state index contributed by atoms with van der Waals surface area (Å²) in [7, 11) is -3.77. The van der Waals surface area contributed by atoms with Gasteiger partial charge in [-0.2, -0.15) is 4.31 Å². The molecule has 34 heavy (non-hydrogen) atoms. The minimum absolute atomic E-state index is 0.0282. The quantitative estimate of drug-likeness (QED) is 0.426. The van der Waals surface area contributed by atoms with Gasteiger partial charge in [0.15, 0.2) is 0 Å². The number of piperazine rings is 1. The molecule has 0 N–H and O–H groups in total. The van der Waals surface area contributed by atoms with E-state index in [0.717, 1.165) is 25.7 Å². The van der Waals surface area contributed by atoms with Gasteiger partial charge >= 0.3 is 0 Å². The number of nitrogens with zero attached hydrogens (tertiary/aromatic N) is 5. The first kappa shape index (κ1) is 24.8. The number of rotatable bonds is 6. The van der Waals surface area contributed by atoms with E-state index < -0.39 is 14.9 Å². The molecular weight excluding hydrogens is 462 g/mol. The lowest BCUT2D eigenvalue weighted by Gasteiger charge is -2.36. The van der Waals surface area contributed by atoms with Gasteiger partial charge in [0.05, 0.1) is 29.6 Å². The van der Waals surface area contributed by atoms with Gasteiger partial charge in [0.25, 0.3) is 5.69 Å². The van der Waals surface area contributed by atoms with Gasteiger partial charge in [0.2, 0.25) is 15.9 Å². The number of sulfonamides is 1. The van der Waals surface area contributed by atoms with E-state index in [0.29, 0.717) is 77.8 Å². The lowest BCUT2D eigenvalue weighted by molar-refractivity contribution is -0.384. The van der Waals surface area contributed by atoms with Crippen LogP contribution in [0.15, 0.2) is 23.1 Å². The normalized spacial score (nSPS) is 21.3. The van der Waals surface area contributed by atoms with Crippen molar-refractivity contribution in [3.8, 4) is 0 Å². The number of benzene rings is 1.